The van der Waals surface area contributed by atoms with Crippen LogP contribution in [0.1, 0.15) is 31.2 Å². The molecule has 134 valence electrons. The Morgan fingerprint density at radius 3 is 2.80 bits per heavy atom. The highest BCUT2D eigenvalue weighted by atomic mass is 16.2. The molecule has 1 unspecified atom stereocenters. The van der Waals surface area contributed by atoms with Gasteiger partial charge in [-0.2, -0.15) is 0 Å². The number of anilines is 1. The largest absolute Gasteiger partial charge is 0.356 e. The van der Waals surface area contributed by atoms with Crippen LogP contribution in [0.3, 0.4) is 0 Å². The zero-order chi connectivity index (χ0) is 17.2. The Bertz CT molecular complexity index is 656. The lowest BCUT2D eigenvalue weighted by molar-refractivity contribution is -0.128. The summed E-state index contributed by atoms with van der Waals surface area (Å²) in [5.74, 6) is 1.08. The van der Waals surface area contributed by atoms with Crippen molar-refractivity contribution >= 4 is 17.5 Å². The van der Waals surface area contributed by atoms with E-state index in [0.29, 0.717) is 19.0 Å². The Labute approximate surface area is 149 Å². The predicted molar refractivity (Wildman–Crippen MR) is 97.4 cm³/mol. The van der Waals surface area contributed by atoms with Gasteiger partial charge in [0.15, 0.2) is 0 Å². The monoisotopic (exact) mass is 341 g/mol. The van der Waals surface area contributed by atoms with E-state index in [1.165, 1.54) is 18.4 Å². The summed E-state index contributed by atoms with van der Waals surface area (Å²) < 4.78 is 0. The Morgan fingerprint density at radius 1 is 1.12 bits per heavy atom. The van der Waals surface area contributed by atoms with E-state index >= 15 is 0 Å². The SMILES string of the molecule is O=C(NCC1CC1)C1CCCN(CC(=O)N2CCc3ccccc32)C1. The lowest BCUT2D eigenvalue weighted by Gasteiger charge is -2.32. The van der Waals surface area contributed by atoms with E-state index in [9.17, 15) is 9.59 Å². The molecular formula is C20H27N3O2. The molecule has 3 aliphatic rings. The average molecular weight is 341 g/mol. The topological polar surface area (TPSA) is 52.7 Å². The fourth-order valence-electron chi connectivity index (χ4n) is 4.00. The summed E-state index contributed by atoms with van der Waals surface area (Å²) >= 11 is 0. The molecule has 1 atom stereocenters. The van der Waals surface area contributed by atoms with Crippen LogP contribution < -0.4 is 10.2 Å². The smallest absolute Gasteiger partial charge is 0.241 e. The number of nitrogens with one attached hydrogen (secondary N) is 1. The van der Waals surface area contributed by atoms with Crippen molar-refractivity contribution in [3.05, 3.63) is 29.8 Å². The maximum absolute atomic E-state index is 12.8. The molecule has 1 aromatic carbocycles. The average Bonchev–Trinajstić information content (AvgIpc) is 3.36. The first-order valence-corrected chi connectivity index (χ1v) is 9.59. The van der Waals surface area contributed by atoms with Crippen molar-refractivity contribution in [1.82, 2.24) is 10.2 Å². The second-order valence-electron chi connectivity index (χ2n) is 7.69. The van der Waals surface area contributed by atoms with Crippen LogP contribution in [0.4, 0.5) is 5.69 Å². The van der Waals surface area contributed by atoms with Gasteiger partial charge < -0.3 is 10.2 Å². The first kappa shape index (κ1) is 16.6. The summed E-state index contributed by atoms with van der Waals surface area (Å²) in [6.07, 6.45) is 5.37. The van der Waals surface area contributed by atoms with Crippen molar-refractivity contribution in [2.75, 3.05) is 37.6 Å². The van der Waals surface area contributed by atoms with Gasteiger partial charge in [0, 0.05) is 25.3 Å². The molecule has 0 aromatic heterocycles. The van der Waals surface area contributed by atoms with Crippen LogP contribution in [-0.4, -0.2) is 49.4 Å². The lowest BCUT2D eigenvalue weighted by atomic mass is 9.97. The second kappa shape index (κ2) is 7.16. The Morgan fingerprint density at radius 2 is 1.96 bits per heavy atom. The molecule has 2 aliphatic heterocycles. The third kappa shape index (κ3) is 3.87. The maximum atomic E-state index is 12.8. The van der Waals surface area contributed by atoms with Crippen molar-refractivity contribution < 1.29 is 9.59 Å². The Balaban J connectivity index is 1.31. The first-order chi connectivity index (χ1) is 12.2. The van der Waals surface area contributed by atoms with Gasteiger partial charge in [-0.25, -0.2) is 0 Å². The number of hydrogen-bond acceptors (Lipinski definition) is 3. The van der Waals surface area contributed by atoms with E-state index in [-0.39, 0.29) is 17.7 Å². The van der Waals surface area contributed by atoms with Gasteiger partial charge in [0.05, 0.1) is 12.5 Å². The molecule has 1 saturated heterocycles. The van der Waals surface area contributed by atoms with Gasteiger partial charge in [-0.1, -0.05) is 18.2 Å². The minimum absolute atomic E-state index is 0.0335. The molecule has 0 radical (unpaired) electrons. The molecule has 25 heavy (non-hydrogen) atoms. The van der Waals surface area contributed by atoms with Crippen molar-refractivity contribution in [3.8, 4) is 0 Å². The number of likely N-dealkylation sites (tertiary alicyclic amines) is 1. The molecule has 4 rings (SSSR count). The van der Waals surface area contributed by atoms with E-state index in [4.69, 9.17) is 0 Å². The van der Waals surface area contributed by atoms with Crippen molar-refractivity contribution in [2.24, 2.45) is 11.8 Å². The van der Waals surface area contributed by atoms with Crippen LogP contribution in [0.5, 0.6) is 0 Å². The summed E-state index contributed by atoms with van der Waals surface area (Å²) in [5.41, 5.74) is 2.31. The molecular weight excluding hydrogens is 314 g/mol. The number of amides is 2. The number of carbonyl (C=O) groups is 2. The van der Waals surface area contributed by atoms with E-state index in [0.717, 1.165) is 44.6 Å². The second-order valence-corrected chi connectivity index (χ2v) is 7.69. The molecule has 1 aromatic rings. The molecule has 1 aliphatic carbocycles. The van der Waals surface area contributed by atoms with Crippen LogP contribution in [0.15, 0.2) is 24.3 Å². The molecule has 0 bridgehead atoms. The van der Waals surface area contributed by atoms with E-state index in [2.05, 4.69) is 16.3 Å². The van der Waals surface area contributed by atoms with Gasteiger partial charge in [-0.3, -0.25) is 14.5 Å². The fraction of sp³-hybridized carbons (Fsp3) is 0.600. The number of hydrogen-bond donors (Lipinski definition) is 1. The van der Waals surface area contributed by atoms with Gasteiger partial charge in [0.25, 0.3) is 0 Å². The van der Waals surface area contributed by atoms with Crippen LogP contribution in [0, 0.1) is 11.8 Å². The molecule has 2 amide bonds. The number of fused-ring (bicyclic) bond motifs is 1. The van der Waals surface area contributed by atoms with Crippen molar-refractivity contribution in [3.63, 3.8) is 0 Å². The highest BCUT2D eigenvalue weighted by molar-refractivity contribution is 5.96. The lowest BCUT2D eigenvalue weighted by Crippen LogP contribution is -2.47. The minimum atomic E-state index is 0.0335. The first-order valence-electron chi connectivity index (χ1n) is 9.59. The quantitative estimate of drug-likeness (QED) is 0.889. The minimum Gasteiger partial charge on any atom is -0.356 e. The Hall–Kier alpha value is -1.88. The van der Waals surface area contributed by atoms with Crippen LogP contribution in [-0.2, 0) is 16.0 Å². The number of nitrogens with zero attached hydrogens (tertiary/aromatic N) is 2. The summed E-state index contributed by atoms with van der Waals surface area (Å²) in [6.45, 7) is 3.64. The molecule has 1 saturated carbocycles. The number of piperidine rings is 1. The van der Waals surface area contributed by atoms with E-state index in [1.807, 2.05) is 23.1 Å². The summed E-state index contributed by atoms with van der Waals surface area (Å²) in [7, 11) is 0. The van der Waals surface area contributed by atoms with E-state index in [1.54, 1.807) is 0 Å². The normalized spacial score (nSPS) is 23.4. The van der Waals surface area contributed by atoms with E-state index < -0.39 is 0 Å². The summed E-state index contributed by atoms with van der Waals surface area (Å²) in [4.78, 5) is 29.2. The molecule has 2 heterocycles. The van der Waals surface area contributed by atoms with Crippen molar-refractivity contribution in [2.45, 2.75) is 32.1 Å². The van der Waals surface area contributed by atoms with Gasteiger partial charge in [0.1, 0.15) is 0 Å². The zero-order valence-electron chi connectivity index (χ0n) is 14.7. The third-order valence-electron chi connectivity index (χ3n) is 5.69. The number of carbonyl (C=O) groups excluding carboxylic acids is 2. The molecule has 1 N–H and O–H groups in total. The molecule has 5 heteroatoms. The van der Waals surface area contributed by atoms with Crippen LogP contribution in [0.25, 0.3) is 0 Å². The van der Waals surface area contributed by atoms with Crippen LogP contribution >= 0.6 is 0 Å². The fourth-order valence-corrected chi connectivity index (χ4v) is 4.00. The zero-order valence-corrected chi connectivity index (χ0v) is 14.7. The van der Waals surface area contributed by atoms with Gasteiger partial charge >= 0.3 is 0 Å². The third-order valence-corrected chi connectivity index (χ3v) is 5.69. The van der Waals surface area contributed by atoms with Crippen molar-refractivity contribution in [1.29, 1.82) is 0 Å². The molecule has 2 fully saturated rings. The number of benzene rings is 1. The maximum Gasteiger partial charge on any atom is 0.241 e. The van der Waals surface area contributed by atoms with Gasteiger partial charge in [-0.05, 0) is 56.2 Å². The highest BCUT2D eigenvalue weighted by Gasteiger charge is 2.31. The van der Waals surface area contributed by atoms with Gasteiger partial charge in [-0.15, -0.1) is 0 Å². The van der Waals surface area contributed by atoms with Gasteiger partial charge in [0.2, 0.25) is 11.8 Å². The summed E-state index contributed by atoms with van der Waals surface area (Å²) in [5, 5.41) is 3.10. The molecule has 0 spiro atoms. The van der Waals surface area contributed by atoms with Crippen LogP contribution in [0.2, 0.25) is 0 Å². The highest BCUT2D eigenvalue weighted by Crippen LogP contribution is 2.29. The standard InChI is InChI=1S/C20H27N3O2/c24-19(23-11-9-16-4-1-2-6-18(16)23)14-22-10-3-5-17(13-22)20(25)21-12-15-7-8-15/h1-2,4,6,15,17H,3,5,7-14H2,(H,21,25). The predicted octanol–water partition coefficient (Wildman–Crippen LogP) is 1.81. The molecule has 5 nitrogen and oxygen atoms in total. The Kier molecular flexibility index (Phi) is 4.75. The number of para-hydroxylation sites is 1. The summed E-state index contributed by atoms with van der Waals surface area (Å²) in [6, 6.07) is 8.15. The number of rotatable bonds is 5.